The highest BCUT2D eigenvalue weighted by molar-refractivity contribution is 5.78. The lowest BCUT2D eigenvalue weighted by Gasteiger charge is -2.20. The molecule has 130 valence electrons. The van der Waals surface area contributed by atoms with Gasteiger partial charge < -0.3 is 20.7 Å². The van der Waals surface area contributed by atoms with Gasteiger partial charge in [0.25, 0.3) is 5.91 Å². The second-order valence-electron chi connectivity index (χ2n) is 6.61. The van der Waals surface area contributed by atoms with E-state index in [0.717, 1.165) is 32.6 Å². The SMILES string of the molecule is CCNCCCNCc1ccc(OCC(=O)NC(C)(C)C)cc1. The molecule has 0 bridgehead atoms. The molecule has 1 aromatic rings. The molecule has 0 saturated heterocycles. The van der Waals surface area contributed by atoms with Crippen molar-refractivity contribution in [1.29, 1.82) is 0 Å². The van der Waals surface area contributed by atoms with Crippen LogP contribution in [0.25, 0.3) is 0 Å². The summed E-state index contributed by atoms with van der Waals surface area (Å²) in [6.45, 7) is 11.9. The minimum atomic E-state index is -0.234. The van der Waals surface area contributed by atoms with Crippen molar-refractivity contribution in [1.82, 2.24) is 16.0 Å². The Morgan fingerprint density at radius 1 is 1.09 bits per heavy atom. The first kappa shape index (κ1) is 19.5. The molecule has 1 rings (SSSR count). The molecular formula is C18H31N3O2. The van der Waals surface area contributed by atoms with Crippen molar-refractivity contribution in [2.75, 3.05) is 26.2 Å². The number of hydrogen-bond acceptors (Lipinski definition) is 4. The molecule has 1 amide bonds. The molecule has 0 spiro atoms. The van der Waals surface area contributed by atoms with E-state index in [4.69, 9.17) is 4.74 Å². The van der Waals surface area contributed by atoms with Crippen molar-refractivity contribution in [2.45, 2.75) is 46.2 Å². The van der Waals surface area contributed by atoms with Gasteiger partial charge in [0.2, 0.25) is 0 Å². The van der Waals surface area contributed by atoms with E-state index in [1.54, 1.807) is 0 Å². The van der Waals surface area contributed by atoms with E-state index < -0.39 is 0 Å². The smallest absolute Gasteiger partial charge is 0.258 e. The summed E-state index contributed by atoms with van der Waals surface area (Å²) in [5.41, 5.74) is 0.975. The highest BCUT2D eigenvalue weighted by Gasteiger charge is 2.13. The summed E-state index contributed by atoms with van der Waals surface area (Å²) in [5.74, 6) is 0.605. The van der Waals surface area contributed by atoms with Gasteiger partial charge in [-0.1, -0.05) is 19.1 Å². The molecule has 0 heterocycles. The quantitative estimate of drug-likeness (QED) is 0.577. The van der Waals surface area contributed by atoms with E-state index >= 15 is 0 Å². The topological polar surface area (TPSA) is 62.4 Å². The highest BCUT2D eigenvalue weighted by Crippen LogP contribution is 2.12. The van der Waals surface area contributed by atoms with Gasteiger partial charge in [-0.25, -0.2) is 0 Å². The Morgan fingerprint density at radius 2 is 1.74 bits per heavy atom. The summed E-state index contributed by atoms with van der Waals surface area (Å²) in [5, 5.41) is 9.58. The van der Waals surface area contributed by atoms with Crippen LogP contribution < -0.4 is 20.7 Å². The number of hydrogen-bond donors (Lipinski definition) is 3. The monoisotopic (exact) mass is 321 g/mol. The Kier molecular flexibility index (Phi) is 8.66. The average Bonchev–Trinajstić information content (AvgIpc) is 2.48. The Bertz CT molecular complexity index is 452. The van der Waals surface area contributed by atoms with Gasteiger partial charge in [-0.05, 0) is 64.5 Å². The average molecular weight is 321 g/mol. The van der Waals surface area contributed by atoms with E-state index in [0.29, 0.717) is 5.75 Å². The van der Waals surface area contributed by atoms with Crippen LogP contribution in [-0.2, 0) is 11.3 Å². The number of ether oxygens (including phenoxy) is 1. The fourth-order valence-corrected chi connectivity index (χ4v) is 2.05. The summed E-state index contributed by atoms with van der Waals surface area (Å²) in [6.07, 6.45) is 1.12. The number of carbonyl (C=O) groups excluding carboxylic acids is 1. The predicted molar refractivity (Wildman–Crippen MR) is 94.7 cm³/mol. The van der Waals surface area contributed by atoms with Gasteiger partial charge >= 0.3 is 0 Å². The van der Waals surface area contributed by atoms with Gasteiger partial charge in [0.05, 0.1) is 0 Å². The zero-order valence-corrected chi connectivity index (χ0v) is 14.9. The maximum atomic E-state index is 11.7. The zero-order valence-electron chi connectivity index (χ0n) is 14.9. The Hall–Kier alpha value is -1.59. The van der Waals surface area contributed by atoms with Crippen LogP contribution in [0, 0.1) is 0 Å². The molecule has 3 N–H and O–H groups in total. The van der Waals surface area contributed by atoms with Gasteiger partial charge in [-0.15, -0.1) is 0 Å². The van der Waals surface area contributed by atoms with Gasteiger partial charge in [0.1, 0.15) is 5.75 Å². The van der Waals surface area contributed by atoms with Crippen LogP contribution in [0.5, 0.6) is 5.75 Å². The van der Waals surface area contributed by atoms with E-state index in [-0.39, 0.29) is 18.1 Å². The first-order chi connectivity index (χ1) is 10.9. The molecule has 1 aromatic carbocycles. The zero-order chi connectivity index (χ0) is 17.1. The molecule has 0 fully saturated rings. The third-order valence-electron chi connectivity index (χ3n) is 3.09. The molecule has 23 heavy (non-hydrogen) atoms. The molecular weight excluding hydrogens is 290 g/mol. The van der Waals surface area contributed by atoms with Crippen molar-refractivity contribution < 1.29 is 9.53 Å². The molecule has 0 saturated carbocycles. The summed E-state index contributed by atoms with van der Waals surface area (Å²) in [7, 11) is 0. The van der Waals surface area contributed by atoms with E-state index in [9.17, 15) is 4.79 Å². The summed E-state index contributed by atoms with van der Waals surface area (Å²) >= 11 is 0. The van der Waals surface area contributed by atoms with Crippen molar-refractivity contribution in [3.8, 4) is 5.75 Å². The van der Waals surface area contributed by atoms with Gasteiger partial charge in [0.15, 0.2) is 6.61 Å². The number of benzene rings is 1. The maximum absolute atomic E-state index is 11.7. The molecule has 0 aliphatic carbocycles. The molecule has 0 unspecified atom stereocenters. The molecule has 5 heteroatoms. The number of amides is 1. The molecule has 0 radical (unpaired) electrons. The van der Waals surface area contributed by atoms with Crippen LogP contribution in [0.4, 0.5) is 0 Å². The van der Waals surface area contributed by atoms with Gasteiger partial charge in [-0.2, -0.15) is 0 Å². The van der Waals surface area contributed by atoms with Crippen LogP contribution in [0.3, 0.4) is 0 Å². The number of carbonyl (C=O) groups is 1. The fourth-order valence-electron chi connectivity index (χ4n) is 2.05. The van der Waals surface area contributed by atoms with Crippen LogP contribution >= 0.6 is 0 Å². The van der Waals surface area contributed by atoms with Gasteiger partial charge in [0, 0.05) is 12.1 Å². The largest absolute Gasteiger partial charge is 0.484 e. The van der Waals surface area contributed by atoms with Crippen molar-refractivity contribution >= 4 is 5.91 Å². The predicted octanol–water partition coefficient (Wildman–Crippen LogP) is 2.07. The highest BCUT2D eigenvalue weighted by atomic mass is 16.5. The molecule has 0 aromatic heterocycles. The van der Waals surface area contributed by atoms with Gasteiger partial charge in [-0.3, -0.25) is 4.79 Å². The van der Waals surface area contributed by atoms with Crippen LogP contribution in [0.2, 0.25) is 0 Å². The summed E-state index contributed by atoms with van der Waals surface area (Å²) in [6, 6.07) is 7.85. The Morgan fingerprint density at radius 3 is 2.35 bits per heavy atom. The fraction of sp³-hybridized carbons (Fsp3) is 0.611. The number of rotatable bonds is 10. The molecule has 5 nitrogen and oxygen atoms in total. The number of nitrogens with one attached hydrogen (secondary N) is 3. The van der Waals surface area contributed by atoms with E-state index in [1.165, 1.54) is 5.56 Å². The first-order valence-corrected chi connectivity index (χ1v) is 8.35. The Balaban J connectivity index is 2.24. The van der Waals surface area contributed by atoms with Crippen molar-refractivity contribution in [3.63, 3.8) is 0 Å². The van der Waals surface area contributed by atoms with Crippen LogP contribution in [0.1, 0.15) is 39.7 Å². The Labute approximate surface area is 140 Å². The minimum absolute atomic E-state index is 0.0410. The molecule has 0 aliphatic rings. The van der Waals surface area contributed by atoms with E-state index in [2.05, 4.69) is 22.9 Å². The first-order valence-electron chi connectivity index (χ1n) is 8.35. The second kappa shape index (κ2) is 10.2. The normalized spacial score (nSPS) is 11.3. The lowest BCUT2D eigenvalue weighted by molar-refractivity contribution is -0.124. The standard InChI is InChI=1S/C18H31N3O2/c1-5-19-11-6-12-20-13-15-7-9-16(10-8-15)23-14-17(22)21-18(2,3)4/h7-10,19-20H,5-6,11-14H2,1-4H3,(H,21,22). The minimum Gasteiger partial charge on any atom is -0.484 e. The lowest BCUT2D eigenvalue weighted by Crippen LogP contribution is -2.43. The third kappa shape index (κ3) is 9.92. The lowest BCUT2D eigenvalue weighted by atomic mass is 10.1. The maximum Gasteiger partial charge on any atom is 0.258 e. The molecule has 0 aliphatic heterocycles. The van der Waals surface area contributed by atoms with Crippen molar-refractivity contribution in [3.05, 3.63) is 29.8 Å². The molecule has 0 atom stereocenters. The summed E-state index contributed by atoms with van der Waals surface area (Å²) < 4.78 is 5.50. The van der Waals surface area contributed by atoms with Crippen molar-refractivity contribution in [2.24, 2.45) is 0 Å². The van der Waals surface area contributed by atoms with Crippen LogP contribution in [0.15, 0.2) is 24.3 Å². The third-order valence-corrected chi connectivity index (χ3v) is 3.09. The second-order valence-corrected chi connectivity index (χ2v) is 6.61. The van der Waals surface area contributed by atoms with E-state index in [1.807, 2.05) is 45.0 Å². The van der Waals surface area contributed by atoms with Crippen LogP contribution in [-0.4, -0.2) is 37.7 Å². The summed E-state index contributed by atoms with van der Waals surface area (Å²) in [4.78, 5) is 11.7.